The maximum absolute atomic E-state index is 12.9. The Hall–Kier alpha value is -1.40. The molecule has 2 fully saturated rings. The number of piperazine rings is 1. The topological polar surface area (TPSA) is 43.9 Å². The van der Waals surface area contributed by atoms with Crippen molar-refractivity contribution in [3.8, 4) is 0 Å². The fourth-order valence-electron chi connectivity index (χ4n) is 3.21. The first kappa shape index (κ1) is 15.5. The van der Waals surface area contributed by atoms with Crippen molar-refractivity contribution >= 4 is 23.2 Å². The summed E-state index contributed by atoms with van der Waals surface area (Å²) in [6, 6.07) is 3.46. The van der Waals surface area contributed by atoms with Gasteiger partial charge >= 0.3 is 0 Å². The van der Waals surface area contributed by atoms with E-state index in [2.05, 4.69) is 11.9 Å². The van der Waals surface area contributed by atoms with E-state index in [1.54, 1.807) is 4.90 Å². The van der Waals surface area contributed by atoms with Crippen LogP contribution in [0, 0.1) is 0 Å². The van der Waals surface area contributed by atoms with E-state index in [4.69, 9.17) is 0 Å². The highest BCUT2D eigenvalue weighted by atomic mass is 32.1. The average Bonchev–Trinajstić information content (AvgIpc) is 3.09. The molecule has 0 radical (unpaired) electrons. The van der Waals surface area contributed by atoms with Crippen LogP contribution in [0.1, 0.15) is 28.9 Å². The summed E-state index contributed by atoms with van der Waals surface area (Å²) >= 11 is 1.45. The fourth-order valence-corrected chi connectivity index (χ4v) is 3.89. The maximum Gasteiger partial charge on any atom is 0.264 e. The largest absolute Gasteiger partial charge is 0.338 e. The van der Waals surface area contributed by atoms with Gasteiger partial charge in [0.15, 0.2) is 0 Å². The van der Waals surface area contributed by atoms with Crippen LogP contribution in [0.3, 0.4) is 0 Å². The molecule has 0 spiro atoms. The number of likely N-dealkylation sites (tertiary alicyclic amines) is 1. The van der Waals surface area contributed by atoms with Gasteiger partial charge in [0.2, 0.25) is 5.91 Å². The number of thiophene rings is 1. The van der Waals surface area contributed by atoms with Gasteiger partial charge in [0.1, 0.15) is 6.04 Å². The normalized spacial score (nSPS) is 23.6. The summed E-state index contributed by atoms with van der Waals surface area (Å²) < 4.78 is 0. The van der Waals surface area contributed by atoms with Gasteiger partial charge in [0, 0.05) is 32.7 Å². The van der Waals surface area contributed by atoms with Crippen molar-refractivity contribution in [2.24, 2.45) is 0 Å². The lowest BCUT2D eigenvalue weighted by atomic mass is 10.00. The molecule has 0 bridgehead atoms. The minimum Gasteiger partial charge on any atom is -0.338 e. The molecule has 1 aromatic rings. The minimum absolute atomic E-state index is 0.0159. The Morgan fingerprint density at radius 2 is 1.91 bits per heavy atom. The summed E-state index contributed by atoms with van der Waals surface area (Å²) in [4.78, 5) is 32.2. The lowest BCUT2D eigenvalue weighted by molar-refractivity contribution is -0.138. The zero-order valence-corrected chi connectivity index (χ0v) is 13.8. The highest BCUT2D eigenvalue weighted by Crippen LogP contribution is 2.23. The van der Waals surface area contributed by atoms with Crippen molar-refractivity contribution < 1.29 is 9.59 Å². The summed E-state index contributed by atoms with van der Waals surface area (Å²) in [5.41, 5.74) is 0. The van der Waals surface area contributed by atoms with Crippen LogP contribution in [0.2, 0.25) is 0 Å². The van der Waals surface area contributed by atoms with E-state index in [9.17, 15) is 9.59 Å². The van der Waals surface area contributed by atoms with Crippen LogP contribution in [0.25, 0.3) is 0 Å². The third kappa shape index (κ3) is 3.17. The number of hydrogen-bond donors (Lipinski definition) is 0. The molecular weight excluding hydrogens is 298 g/mol. The Morgan fingerprint density at radius 1 is 1.14 bits per heavy atom. The second-order valence-electron chi connectivity index (χ2n) is 6.12. The molecule has 22 heavy (non-hydrogen) atoms. The Morgan fingerprint density at radius 3 is 2.59 bits per heavy atom. The van der Waals surface area contributed by atoms with Gasteiger partial charge < -0.3 is 14.7 Å². The molecule has 0 aliphatic carbocycles. The van der Waals surface area contributed by atoms with E-state index in [0.717, 1.165) is 50.3 Å². The van der Waals surface area contributed by atoms with Gasteiger partial charge in [-0.25, -0.2) is 0 Å². The predicted molar refractivity (Wildman–Crippen MR) is 87.1 cm³/mol. The van der Waals surface area contributed by atoms with Gasteiger partial charge in [-0.2, -0.15) is 0 Å². The van der Waals surface area contributed by atoms with Crippen molar-refractivity contribution in [2.45, 2.75) is 25.3 Å². The number of piperidine rings is 1. The molecule has 2 amide bonds. The van der Waals surface area contributed by atoms with Crippen molar-refractivity contribution in [3.63, 3.8) is 0 Å². The van der Waals surface area contributed by atoms with Crippen molar-refractivity contribution in [3.05, 3.63) is 22.4 Å². The van der Waals surface area contributed by atoms with Gasteiger partial charge in [-0.1, -0.05) is 6.07 Å². The van der Waals surface area contributed by atoms with Crippen LogP contribution in [-0.2, 0) is 4.79 Å². The molecule has 5 nitrogen and oxygen atoms in total. The second-order valence-corrected chi connectivity index (χ2v) is 7.06. The predicted octanol–water partition coefficient (Wildman–Crippen LogP) is 1.52. The van der Waals surface area contributed by atoms with Crippen LogP contribution < -0.4 is 0 Å². The summed E-state index contributed by atoms with van der Waals surface area (Å²) in [6.45, 7) is 4.06. The molecule has 2 saturated heterocycles. The Bertz CT molecular complexity index is 524. The van der Waals surface area contributed by atoms with E-state index >= 15 is 0 Å². The van der Waals surface area contributed by atoms with E-state index in [1.165, 1.54) is 11.3 Å². The number of hydrogen-bond acceptors (Lipinski definition) is 4. The molecule has 1 aromatic heterocycles. The number of nitrogens with zero attached hydrogens (tertiary/aromatic N) is 3. The summed E-state index contributed by atoms with van der Waals surface area (Å²) in [6.07, 6.45) is 2.81. The molecule has 3 heterocycles. The van der Waals surface area contributed by atoms with E-state index in [-0.39, 0.29) is 17.9 Å². The molecule has 2 aliphatic rings. The molecule has 1 unspecified atom stereocenters. The highest BCUT2D eigenvalue weighted by molar-refractivity contribution is 7.12. The van der Waals surface area contributed by atoms with Gasteiger partial charge in [0.05, 0.1) is 4.88 Å². The standard InChI is InChI=1S/C16H23N3O2S/c1-17-8-10-18(11-9-17)15(20)13-5-2-3-7-19(13)16(21)14-6-4-12-22-14/h4,6,12-13H,2-3,5,7-11H2,1H3. The van der Waals surface area contributed by atoms with Gasteiger partial charge in [-0.05, 0) is 37.8 Å². The van der Waals surface area contributed by atoms with Gasteiger partial charge in [-0.15, -0.1) is 11.3 Å². The SMILES string of the molecule is CN1CCN(C(=O)C2CCCCN2C(=O)c2cccs2)CC1. The van der Waals surface area contributed by atoms with E-state index < -0.39 is 0 Å². The van der Waals surface area contributed by atoms with Gasteiger partial charge in [0.25, 0.3) is 5.91 Å². The Balaban J connectivity index is 1.72. The molecule has 0 aromatic carbocycles. The molecular formula is C16H23N3O2S. The number of carbonyl (C=O) groups excluding carboxylic acids is 2. The number of carbonyl (C=O) groups is 2. The highest BCUT2D eigenvalue weighted by Gasteiger charge is 2.36. The lowest BCUT2D eigenvalue weighted by Gasteiger charge is -2.40. The quantitative estimate of drug-likeness (QED) is 0.829. The second kappa shape index (κ2) is 6.79. The molecule has 0 N–H and O–H groups in total. The molecule has 120 valence electrons. The zero-order valence-electron chi connectivity index (χ0n) is 13.0. The molecule has 3 rings (SSSR count). The van der Waals surface area contributed by atoms with Crippen molar-refractivity contribution in [1.82, 2.24) is 14.7 Å². The zero-order chi connectivity index (χ0) is 15.5. The number of likely N-dealkylation sites (N-methyl/N-ethyl adjacent to an activating group) is 1. The van der Waals surface area contributed by atoms with Gasteiger partial charge in [-0.3, -0.25) is 9.59 Å². The Labute approximate surface area is 135 Å². The lowest BCUT2D eigenvalue weighted by Crippen LogP contribution is -2.56. The summed E-state index contributed by atoms with van der Waals surface area (Å²) in [5, 5.41) is 1.91. The molecule has 2 aliphatic heterocycles. The summed E-state index contributed by atoms with van der Waals surface area (Å²) in [7, 11) is 2.08. The maximum atomic E-state index is 12.9. The van der Waals surface area contributed by atoms with E-state index in [1.807, 2.05) is 22.4 Å². The van der Waals surface area contributed by atoms with Crippen LogP contribution in [-0.4, -0.2) is 72.3 Å². The smallest absolute Gasteiger partial charge is 0.264 e. The minimum atomic E-state index is -0.272. The molecule has 0 saturated carbocycles. The van der Waals surface area contributed by atoms with Crippen LogP contribution in [0.4, 0.5) is 0 Å². The first-order valence-electron chi connectivity index (χ1n) is 7.98. The molecule has 6 heteroatoms. The summed E-state index contributed by atoms with van der Waals surface area (Å²) in [5.74, 6) is 0.153. The number of rotatable bonds is 2. The first-order valence-corrected chi connectivity index (χ1v) is 8.86. The fraction of sp³-hybridized carbons (Fsp3) is 0.625. The average molecular weight is 321 g/mol. The van der Waals surface area contributed by atoms with Crippen molar-refractivity contribution in [1.29, 1.82) is 0 Å². The Kier molecular flexibility index (Phi) is 4.78. The monoisotopic (exact) mass is 321 g/mol. The van der Waals surface area contributed by atoms with Crippen LogP contribution in [0.5, 0.6) is 0 Å². The third-order valence-electron chi connectivity index (χ3n) is 4.60. The number of amides is 2. The first-order chi connectivity index (χ1) is 10.7. The molecule has 1 atom stereocenters. The van der Waals surface area contributed by atoms with Crippen LogP contribution in [0.15, 0.2) is 17.5 Å². The van der Waals surface area contributed by atoms with E-state index in [0.29, 0.717) is 6.54 Å². The van der Waals surface area contributed by atoms with Crippen LogP contribution >= 0.6 is 11.3 Å². The van der Waals surface area contributed by atoms with Crippen molar-refractivity contribution in [2.75, 3.05) is 39.8 Å². The third-order valence-corrected chi connectivity index (χ3v) is 5.45.